The van der Waals surface area contributed by atoms with Crippen LogP contribution in [0.4, 0.5) is 0 Å². The van der Waals surface area contributed by atoms with Crippen molar-refractivity contribution in [2.45, 2.75) is 13.5 Å². The Bertz CT molecular complexity index is 829. The van der Waals surface area contributed by atoms with E-state index in [1.807, 2.05) is 43.3 Å². The Morgan fingerprint density at radius 3 is 2.58 bits per heavy atom. The van der Waals surface area contributed by atoms with Gasteiger partial charge in [0, 0.05) is 24.4 Å². The summed E-state index contributed by atoms with van der Waals surface area (Å²) in [6.45, 7) is 3.03. The predicted octanol–water partition coefficient (Wildman–Crippen LogP) is 3.37. The summed E-state index contributed by atoms with van der Waals surface area (Å²) < 4.78 is 16.3. The van der Waals surface area contributed by atoms with Crippen LogP contribution in [-0.2, 0) is 6.54 Å². The number of carbonyl (C=O) groups is 1. The largest absolute Gasteiger partial charge is 0.490 e. The van der Waals surface area contributed by atoms with E-state index in [1.54, 1.807) is 18.3 Å². The van der Waals surface area contributed by atoms with Crippen LogP contribution in [0, 0.1) is 6.92 Å². The van der Waals surface area contributed by atoms with Gasteiger partial charge >= 0.3 is 0 Å². The number of hydrogen-bond acceptors (Lipinski definition) is 5. The number of benzene rings is 1. The summed E-state index contributed by atoms with van der Waals surface area (Å²) in [6.07, 6.45) is 3.17. The lowest BCUT2D eigenvalue weighted by Crippen LogP contribution is -2.23. The minimum absolute atomic E-state index is 0.245. The van der Waals surface area contributed by atoms with Crippen molar-refractivity contribution in [1.82, 2.24) is 10.3 Å². The molecule has 2 heterocycles. The summed E-state index contributed by atoms with van der Waals surface area (Å²) in [6, 6.07) is 14.9. The zero-order valence-corrected chi connectivity index (χ0v) is 14.5. The second-order valence-corrected chi connectivity index (χ2v) is 5.63. The van der Waals surface area contributed by atoms with Gasteiger partial charge in [0.05, 0.1) is 6.26 Å². The van der Waals surface area contributed by atoms with Gasteiger partial charge in [0.2, 0.25) is 5.88 Å². The van der Waals surface area contributed by atoms with Gasteiger partial charge in [-0.15, -0.1) is 0 Å². The quantitative estimate of drug-likeness (QED) is 0.629. The highest BCUT2D eigenvalue weighted by Gasteiger charge is 2.11. The normalized spacial score (nSPS) is 10.3. The first kappa shape index (κ1) is 17.5. The van der Waals surface area contributed by atoms with Gasteiger partial charge in [-0.1, -0.05) is 24.3 Å². The minimum atomic E-state index is -0.245. The van der Waals surface area contributed by atoms with Crippen molar-refractivity contribution in [2.24, 2.45) is 0 Å². The third-order valence-electron chi connectivity index (χ3n) is 3.66. The number of aryl methyl sites for hydroxylation is 1. The molecule has 3 rings (SSSR count). The third-order valence-corrected chi connectivity index (χ3v) is 3.66. The van der Waals surface area contributed by atoms with E-state index in [4.69, 9.17) is 13.9 Å². The van der Waals surface area contributed by atoms with Gasteiger partial charge in [0.1, 0.15) is 19.0 Å². The number of nitrogens with one attached hydrogen (secondary N) is 1. The predicted molar refractivity (Wildman–Crippen MR) is 96.3 cm³/mol. The molecule has 0 saturated carbocycles. The van der Waals surface area contributed by atoms with Gasteiger partial charge in [0.15, 0.2) is 5.76 Å². The molecule has 1 N–H and O–H groups in total. The van der Waals surface area contributed by atoms with Crippen molar-refractivity contribution < 1.29 is 18.7 Å². The molecule has 0 atom stereocenters. The summed E-state index contributed by atoms with van der Waals surface area (Å²) in [7, 11) is 0. The number of carbonyl (C=O) groups excluding carboxylic acids is 1. The number of para-hydroxylation sites is 1. The van der Waals surface area contributed by atoms with Crippen LogP contribution in [0.1, 0.15) is 21.7 Å². The first-order valence-electron chi connectivity index (χ1n) is 8.30. The van der Waals surface area contributed by atoms with Crippen LogP contribution in [0.3, 0.4) is 0 Å². The molecule has 134 valence electrons. The standard InChI is InChI=1S/C20H20N2O4/c1-15-9-10-26-19(15)20(23)22-14-16-7-8-18(21-13-16)25-12-11-24-17-5-3-2-4-6-17/h2-10,13H,11-12,14H2,1H3,(H,22,23). The Hall–Kier alpha value is -3.28. The molecule has 2 aromatic heterocycles. The highest BCUT2D eigenvalue weighted by Crippen LogP contribution is 2.11. The summed E-state index contributed by atoms with van der Waals surface area (Å²) in [5, 5.41) is 2.80. The molecule has 0 aliphatic carbocycles. The second-order valence-electron chi connectivity index (χ2n) is 5.63. The van der Waals surface area contributed by atoms with Crippen LogP contribution in [-0.4, -0.2) is 24.1 Å². The van der Waals surface area contributed by atoms with Gasteiger partial charge in [-0.25, -0.2) is 4.98 Å². The van der Waals surface area contributed by atoms with E-state index in [1.165, 1.54) is 6.26 Å². The first-order chi connectivity index (χ1) is 12.7. The molecule has 6 nitrogen and oxygen atoms in total. The summed E-state index contributed by atoms with van der Waals surface area (Å²) in [4.78, 5) is 16.2. The van der Waals surface area contributed by atoms with E-state index in [0.29, 0.717) is 31.4 Å². The molecule has 1 amide bonds. The SMILES string of the molecule is Cc1ccoc1C(=O)NCc1ccc(OCCOc2ccccc2)nc1. The van der Waals surface area contributed by atoms with E-state index in [9.17, 15) is 4.79 Å². The summed E-state index contributed by atoms with van der Waals surface area (Å²) in [5.41, 5.74) is 1.68. The van der Waals surface area contributed by atoms with Gasteiger partial charge in [-0.2, -0.15) is 0 Å². The zero-order chi connectivity index (χ0) is 18.2. The molecular weight excluding hydrogens is 332 g/mol. The number of nitrogens with zero attached hydrogens (tertiary/aromatic N) is 1. The fourth-order valence-corrected chi connectivity index (χ4v) is 2.29. The Morgan fingerprint density at radius 1 is 1.08 bits per heavy atom. The van der Waals surface area contributed by atoms with Crippen LogP contribution in [0.25, 0.3) is 0 Å². The lowest BCUT2D eigenvalue weighted by Gasteiger charge is -2.08. The Kier molecular flexibility index (Phi) is 5.88. The number of hydrogen-bond donors (Lipinski definition) is 1. The molecule has 0 spiro atoms. The zero-order valence-electron chi connectivity index (χ0n) is 14.5. The third kappa shape index (κ3) is 4.86. The van der Waals surface area contributed by atoms with E-state index < -0.39 is 0 Å². The highest BCUT2D eigenvalue weighted by molar-refractivity contribution is 5.92. The maximum atomic E-state index is 12.0. The maximum absolute atomic E-state index is 12.0. The van der Waals surface area contributed by atoms with Gasteiger partial charge in [-0.3, -0.25) is 4.79 Å². The minimum Gasteiger partial charge on any atom is -0.490 e. The van der Waals surface area contributed by atoms with E-state index in [0.717, 1.165) is 16.9 Å². The molecule has 0 radical (unpaired) electrons. The number of amides is 1. The number of rotatable bonds is 8. The average Bonchev–Trinajstić information content (AvgIpc) is 3.11. The molecule has 0 saturated heterocycles. The van der Waals surface area contributed by atoms with E-state index >= 15 is 0 Å². The first-order valence-corrected chi connectivity index (χ1v) is 8.30. The fourth-order valence-electron chi connectivity index (χ4n) is 2.29. The van der Waals surface area contributed by atoms with Gasteiger partial charge in [0.25, 0.3) is 5.91 Å². The van der Waals surface area contributed by atoms with Crippen LogP contribution in [0.5, 0.6) is 11.6 Å². The topological polar surface area (TPSA) is 73.6 Å². The van der Waals surface area contributed by atoms with Crippen molar-refractivity contribution in [2.75, 3.05) is 13.2 Å². The number of furan rings is 1. The Labute approximate surface area is 151 Å². The number of ether oxygens (including phenoxy) is 2. The molecule has 0 unspecified atom stereocenters. The maximum Gasteiger partial charge on any atom is 0.287 e. The molecule has 0 aliphatic heterocycles. The Balaban J connectivity index is 1.40. The molecular formula is C20H20N2O4. The summed E-state index contributed by atoms with van der Waals surface area (Å²) >= 11 is 0. The molecule has 1 aromatic carbocycles. The highest BCUT2D eigenvalue weighted by atomic mass is 16.5. The number of pyridine rings is 1. The van der Waals surface area contributed by atoms with Crippen molar-refractivity contribution in [3.63, 3.8) is 0 Å². The second kappa shape index (κ2) is 8.71. The lowest BCUT2D eigenvalue weighted by molar-refractivity contribution is 0.0922. The molecule has 0 aliphatic rings. The van der Waals surface area contributed by atoms with Gasteiger partial charge in [-0.05, 0) is 30.7 Å². The molecule has 0 fully saturated rings. The molecule has 26 heavy (non-hydrogen) atoms. The fraction of sp³-hybridized carbons (Fsp3) is 0.200. The van der Waals surface area contributed by atoms with Crippen molar-refractivity contribution in [3.05, 3.63) is 77.9 Å². The molecule has 3 aromatic rings. The lowest BCUT2D eigenvalue weighted by atomic mass is 10.2. The summed E-state index contributed by atoms with van der Waals surface area (Å²) in [5.74, 6) is 1.41. The van der Waals surface area contributed by atoms with Crippen molar-refractivity contribution in [3.8, 4) is 11.6 Å². The van der Waals surface area contributed by atoms with E-state index in [-0.39, 0.29) is 5.91 Å². The van der Waals surface area contributed by atoms with Crippen LogP contribution in [0.2, 0.25) is 0 Å². The van der Waals surface area contributed by atoms with Crippen LogP contribution in [0.15, 0.2) is 65.4 Å². The van der Waals surface area contributed by atoms with Crippen LogP contribution >= 0.6 is 0 Å². The van der Waals surface area contributed by atoms with Crippen molar-refractivity contribution in [1.29, 1.82) is 0 Å². The number of aromatic nitrogens is 1. The van der Waals surface area contributed by atoms with Crippen molar-refractivity contribution >= 4 is 5.91 Å². The molecule has 0 bridgehead atoms. The average molecular weight is 352 g/mol. The van der Waals surface area contributed by atoms with Gasteiger partial charge < -0.3 is 19.2 Å². The van der Waals surface area contributed by atoms with E-state index in [2.05, 4.69) is 10.3 Å². The monoisotopic (exact) mass is 352 g/mol. The smallest absolute Gasteiger partial charge is 0.287 e. The molecule has 6 heteroatoms. The Morgan fingerprint density at radius 2 is 1.88 bits per heavy atom. The van der Waals surface area contributed by atoms with Crippen LogP contribution < -0.4 is 14.8 Å².